The molecule has 2 heteroatoms. The van der Waals surface area contributed by atoms with E-state index in [1.54, 1.807) is 0 Å². The Morgan fingerprint density at radius 1 is 1.05 bits per heavy atom. The molecule has 3 aromatic rings. The van der Waals surface area contributed by atoms with Gasteiger partial charge in [-0.3, -0.25) is 0 Å². The van der Waals surface area contributed by atoms with Crippen LogP contribution in [0.15, 0.2) is 54.7 Å². The Kier molecular flexibility index (Phi) is 3.08. The van der Waals surface area contributed by atoms with Crippen molar-refractivity contribution in [2.45, 2.75) is 12.8 Å². The van der Waals surface area contributed by atoms with Crippen molar-refractivity contribution in [3.63, 3.8) is 0 Å². The number of hydrogen-bond acceptors (Lipinski definition) is 0. The van der Waals surface area contributed by atoms with Crippen molar-refractivity contribution in [1.29, 1.82) is 0 Å². The van der Waals surface area contributed by atoms with E-state index in [9.17, 15) is 0 Å². The van der Waals surface area contributed by atoms with Gasteiger partial charge in [-0.2, -0.15) is 0 Å². The van der Waals surface area contributed by atoms with Crippen LogP contribution in [0.2, 0.25) is 5.02 Å². The molecule has 0 fully saturated rings. The van der Waals surface area contributed by atoms with Crippen LogP contribution in [-0.2, 0) is 7.05 Å². The zero-order chi connectivity index (χ0) is 13.4. The van der Waals surface area contributed by atoms with Gasteiger partial charge in [0.2, 0.25) is 0 Å². The van der Waals surface area contributed by atoms with Crippen LogP contribution in [0.25, 0.3) is 10.9 Å². The highest BCUT2D eigenvalue weighted by Gasteiger charge is 2.13. The molecule has 1 heterocycles. The molecule has 96 valence electrons. The van der Waals surface area contributed by atoms with E-state index in [1.807, 2.05) is 18.2 Å². The second-order valence-corrected chi connectivity index (χ2v) is 5.42. The van der Waals surface area contributed by atoms with Crippen molar-refractivity contribution in [3.05, 3.63) is 70.9 Å². The fraction of sp³-hybridized carbons (Fsp3) is 0.176. The normalized spacial score (nSPS) is 12.8. The Hall–Kier alpha value is -1.73. The minimum atomic E-state index is 0.330. The van der Waals surface area contributed by atoms with Crippen LogP contribution < -0.4 is 0 Å². The van der Waals surface area contributed by atoms with Gasteiger partial charge in [-0.1, -0.05) is 48.9 Å². The Morgan fingerprint density at radius 2 is 1.84 bits per heavy atom. The summed E-state index contributed by atoms with van der Waals surface area (Å²) >= 11 is 6.10. The molecule has 0 aliphatic rings. The molecule has 19 heavy (non-hydrogen) atoms. The lowest BCUT2D eigenvalue weighted by Crippen LogP contribution is -1.99. The van der Waals surface area contributed by atoms with E-state index in [0.29, 0.717) is 5.92 Å². The van der Waals surface area contributed by atoms with Crippen molar-refractivity contribution < 1.29 is 0 Å². The summed E-state index contributed by atoms with van der Waals surface area (Å²) in [5, 5.41) is 2.08. The zero-order valence-electron chi connectivity index (χ0n) is 11.1. The van der Waals surface area contributed by atoms with Gasteiger partial charge in [0, 0.05) is 24.2 Å². The van der Waals surface area contributed by atoms with E-state index in [2.05, 4.69) is 55.1 Å². The average molecular weight is 270 g/mol. The van der Waals surface area contributed by atoms with Crippen molar-refractivity contribution in [2.24, 2.45) is 7.05 Å². The third-order valence-electron chi connectivity index (χ3n) is 3.74. The Labute approximate surface area is 118 Å². The second kappa shape index (κ2) is 4.75. The molecule has 0 aliphatic heterocycles. The van der Waals surface area contributed by atoms with E-state index < -0.39 is 0 Å². The van der Waals surface area contributed by atoms with Gasteiger partial charge in [0.25, 0.3) is 0 Å². The number of benzene rings is 2. The van der Waals surface area contributed by atoms with Crippen LogP contribution in [0.5, 0.6) is 0 Å². The molecule has 1 unspecified atom stereocenters. The van der Waals surface area contributed by atoms with Gasteiger partial charge >= 0.3 is 0 Å². The molecule has 0 saturated carbocycles. The summed E-state index contributed by atoms with van der Waals surface area (Å²) in [6.45, 7) is 2.23. The lowest BCUT2D eigenvalue weighted by atomic mass is 9.92. The van der Waals surface area contributed by atoms with Crippen molar-refractivity contribution in [1.82, 2.24) is 4.57 Å². The van der Waals surface area contributed by atoms with Gasteiger partial charge in [-0.25, -0.2) is 0 Å². The van der Waals surface area contributed by atoms with Gasteiger partial charge in [-0.15, -0.1) is 0 Å². The zero-order valence-corrected chi connectivity index (χ0v) is 11.9. The first-order valence-corrected chi connectivity index (χ1v) is 6.84. The standard InChI is InChI=1S/C17H16ClN/c1-12(14-6-3-7-15(18)11-14)16-8-4-5-13-9-10-19(2)17(13)16/h3-12H,1-2H3. The summed E-state index contributed by atoms with van der Waals surface area (Å²) in [5.74, 6) is 0.330. The summed E-state index contributed by atoms with van der Waals surface area (Å²) in [7, 11) is 2.09. The largest absolute Gasteiger partial charge is 0.350 e. The lowest BCUT2D eigenvalue weighted by molar-refractivity contribution is 0.899. The van der Waals surface area contributed by atoms with Crippen LogP contribution in [0.3, 0.4) is 0 Å². The fourth-order valence-electron chi connectivity index (χ4n) is 2.69. The smallest absolute Gasteiger partial charge is 0.0516 e. The van der Waals surface area contributed by atoms with E-state index >= 15 is 0 Å². The quantitative estimate of drug-likeness (QED) is 0.618. The maximum absolute atomic E-state index is 6.10. The van der Waals surface area contributed by atoms with Crippen molar-refractivity contribution >= 4 is 22.5 Å². The molecule has 0 bridgehead atoms. The van der Waals surface area contributed by atoms with Crippen LogP contribution in [0.1, 0.15) is 24.0 Å². The maximum Gasteiger partial charge on any atom is 0.0516 e. The molecule has 0 radical (unpaired) electrons. The summed E-state index contributed by atoms with van der Waals surface area (Å²) in [6.07, 6.45) is 2.11. The number of nitrogens with zero attached hydrogens (tertiary/aromatic N) is 1. The number of halogens is 1. The third kappa shape index (κ3) is 2.15. The molecule has 1 aromatic heterocycles. The van der Waals surface area contributed by atoms with Gasteiger partial charge in [0.1, 0.15) is 0 Å². The summed E-state index contributed by atoms with van der Waals surface area (Å²) < 4.78 is 2.19. The molecule has 1 nitrogen and oxygen atoms in total. The second-order valence-electron chi connectivity index (χ2n) is 4.99. The highest BCUT2D eigenvalue weighted by atomic mass is 35.5. The molecular formula is C17H16ClN. The molecule has 0 spiro atoms. The molecule has 1 atom stereocenters. The Balaban J connectivity index is 2.16. The van der Waals surface area contributed by atoms with E-state index in [1.165, 1.54) is 22.0 Å². The summed E-state index contributed by atoms with van der Waals surface area (Å²) in [6, 6.07) is 16.8. The van der Waals surface area contributed by atoms with Crippen molar-refractivity contribution in [3.8, 4) is 0 Å². The number of para-hydroxylation sites is 1. The highest BCUT2D eigenvalue weighted by molar-refractivity contribution is 6.30. The van der Waals surface area contributed by atoms with E-state index in [0.717, 1.165) is 5.02 Å². The van der Waals surface area contributed by atoms with Crippen LogP contribution in [-0.4, -0.2) is 4.57 Å². The topological polar surface area (TPSA) is 4.93 Å². The number of hydrogen-bond donors (Lipinski definition) is 0. The van der Waals surface area contributed by atoms with Gasteiger partial charge in [-0.05, 0) is 34.7 Å². The number of aryl methyl sites for hydroxylation is 1. The Bertz CT molecular complexity index is 727. The molecule has 0 amide bonds. The van der Waals surface area contributed by atoms with Gasteiger partial charge in [0.05, 0.1) is 5.52 Å². The fourth-order valence-corrected chi connectivity index (χ4v) is 2.89. The predicted molar refractivity (Wildman–Crippen MR) is 81.9 cm³/mol. The summed E-state index contributed by atoms with van der Waals surface area (Å²) in [5.41, 5.74) is 3.89. The van der Waals surface area contributed by atoms with Gasteiger partial charge in [0.15, 0.2) is 0 Å². The van der Waals surface area contributed by atoms with Crippen LogP contribution in [0.4, 0.5) is 0 Å². The molecule has 0 aliphatic carbocycles. The first-order chi connectivity index (χ1) is 9.16. The lowest BCUT2D eigenvalue weighted by Gasteiger charge is -2.15. The van der Waals surface area contributed by atoms with E-state index in [4.69, 9.17) is 11.6 Å². The number of aromatic nitrogens is 1. The van der Waals surface area contributed by atoms with E-state index in [-0.39, 0.29) is 0 Å². The molecule has 2 aromatic carbocycles. The number of rotatable bonds is 2. The molecule has 0 N–H and O–H groups in total. The predicted octanol–water partition coefficient (Wildman–Crippen LogP) is 4.98. The molecule has 0 saturated heterocycles. The van der Waals surface area contributed by atoms with Crippen molar-refractivity contribution in [2.75, 3.05) is 0 Å². The SMILES string of the molecule is CC(c1cccc(Cl)c1)c1cccc2ccn(C)c12. The molecular weight excluding hydrogens is 254 g/mol. The minimum Gasteiger partial charge on any atom is -0.350 e. The maximum atomic E-state index is 6.10. The Morgan fingerprint density at radius 3 is 2.63 bits per heavy atom. The van der Waals surface area contributed by atoms with Crippen LogP contribution in [0, 0.1) is 0 Å². The van der Waals surface area contributed by atoms with Crippen LogP contribution >= 0.6 is 11.6 Å². The minimum absolute atomic E-state index is 0.330. The first-order valence-electron chi connectivity index (χ1n) is 6.46. The summed E-state index contributed by atoms with van der Waals surface area (Å²) in [4.78, 5) is 0. The average Bonchev–Trinajstić information content (AvgIpc) is 2.80. The van der Waals surface area contributed by atoms with Gasteiger partial charge < -0.3 is 4.57 Å². The highest BCUT2D eigenvalue weighted by Crippen LogP contribution is 2.31. The monoisotopic (exact) mass is 269 g/mol. The third-order valence-corrected chi connectivity index (χ3v) is 3.98. The number of fused-ring (bicyclic) bond motifs is 1. The first kappa shape index (κ1) is 12.3. The molecule has 3 rings (SSSR count).